The number of amides is 1. The van der Waals surface area contributed by atoms with Crippen LogP contribution >= 0.6 is 0 Å². The summed E-state index contributed by atoms with van der Waals surface area (Å²) < 4.78 is 9.85. The van der Waals surface area contributed by atoms with Crippen molar-refractivity contribution in [3.05, 3.63) is 0 Å². The highest BCUT2D eigenvalue weighted by Crippen LogP contribution is 2.12. The molecule has 6 heteroatoms. The van der Waals surface area contributed by atoms with Crippen LogP contribution in [-0.4, -0.2) is 43.4 Å². The molecule has 6 nitrogen and oxygen atoms in total. The predicted octanol–water partition coefficient (Wildman–Crippen LogP) is 0.805. The predicted molar refractivity (Wildman–Crippen MR) is 66.2 cm³/mol. The number of nitrogens with one attached hydrogen (secondary N) is 2. The van der Waals surface area contributed by atoms with Crippen LogP contribution in [0, 0.1) is 0 Å². The minimum absolute atomic E-state index is 0.0646. The molecule has 0 saturated carbocycles. The molecule has 0 spiro atoms. The molecule has 0 bridgehead atoms. The van der Waals surface area contributed by atoms with E-state index in [2.05, 4.69) is 15.4 Å². The number of hydrogen-bond donors (Lipinski definition) is 2. The van der Waals surface area contributed by atoms with Crippen molar-refractivity contribution in [1.29, 1.82) is 0 Å². The van der Waals surface area contributed by atoms with Gasteiger partial charge in [-0.15, -0.1) is 0 Å². The first-order valence-corrected chi connectivity index (χ1v) is 6.12. The largest absolute Gasteiger partial charge is 0.468 e. The zero-order chi connectivity index (χ0) is 13.8. The van der Waals surface area contributed by atoms with E-state index in [0.29, 0.717) is 13.0 Å². The smallest absolute Gasteiger partial charge is 0.407 e. The number of carbonyl (C=O) groups excluding carboxylic acids is 2. The Bertz CT molecular complexity index is 312. The Morgan fingerprint density at radius 1 is 1.33 bits per heavy atom. The standard InChI is InChI=1S/C12H22N2O4/c1-12(2,3)18-11(16)14-8-5-6-13-9(7-8)10(15)17-4/h8-9,13H,5-7H2,1-4H3,(H,14,16)/t8-,9+/m1/s1. The maximum Gasteiger partial charge on any atom is 0.407 e. The molecule has 1 saturated heterocycles. The molecule has 18 heavy (non-hydrogen) atoms. The number of alkyl carbamates (subject to hydrolysis) is 1. The molecule has 0 aromatic carbocycles. The number of hydrogen-bond acceptors (Lipinski definition) is 5. The zero-order valence-electron chi connectivity index (χ0n) is 11.4. The second-order valence-electron chi connectivity index (χ2n) is 5.40. The summed E-state index contributed by atoms with van der Waals surface area (Å²) >= 11 is 0. The lowest BCUT2D eigenvalue weighted by Gasteiger charge is -2.30. The van der Waals surface area contributed by atoms with Crippen molar-refractivity contribution in [2.45, 2.75) is 51.3 Å². The molecular formula is C12H22N2O4. The number of carbonyl (C=O) groups is 2. The molecular weight excluding hydrogens is 236 g/mol. The zero-order valence-corrected chi connectivity index (χ0v) is 11.4. The Kier molecular flexibility index (Phi) is 4.95. The first-order valence-electron chi connectivity index (χ1n) is 6.12. The molecule has 1 amide bonds. The Morgan fingerprint density at radius 2 is 2.00 bits per heavy atom. The van der Waals surface area contributed by atoms with Gasteiger partial charge in [0.2, 0.25) is 0 Å². The van der Waals surface area contributed by atoms with E-state index in [1.807, 2.05) is 20.8 Å². The third kappa shape index (κ3) is 4.91. The van der Waals surface area contributed by atoms with Gasteiger partial charge >= 0.3 is 12.1 Å². The average molecular weight is 258 g/mol. The van der Waals surface area contributed by atoms with Crippen LogP contribution in [-0.2, 0) is 14.3 Å². The normalized spacial score (nSPS) is 24.2. The molecule has 104 valence electrons. The van der Waals surface area contributed by atoms with Crippen molar-refractivity contribution in [2.75, 3.05) is 13.7 Å². The topological polar surface area (TPSA) is 76.7 Å². The number of esters is 1. The Labute approximate surface area is 107 Å². The summed E-state index contributed by atoms with van der Waals surface area (Å²) in [5.41, 5.74) is -0.515. The number of piperidine rings is 1. The minimum atomic E-state index is -0.515. The van der Waals surface area contributed by atoms with Gasteiger partial charge in [-0.2, -0.15) is 0 Å². The lowest BCUT2D eigenvalue weighted by molar-refractivity contribution is -0.143. The molecule has 0 radical (unpaired) electrons. The van der Waals surface area contributed by atoms with Gasteiger partial charge in [0.25, 0.3) is 0 Å². The maximum absolute atomic E-state index is 11.6. The minimum Gasteiger partial charge on any atom is -0.468 e. The molecule has 0 aliphatic carbocycles. The van der Waals surface area contributed by atoms with Gasteiger partial charge in [-0.05, 0) is 40.2 Å². The van der Waals surface area contributed by atoms with Gasteiger partial charge in [0.05, 0.1) is 7.11 Å². The van der Waals surface area contributed by atoms with Gasteiger partial charge in [-0.1, -0.05) is 0 Å². The molecule has 1 fully saturated rings. The lowest BCUT2D eigenvalue weighted by atomic mass is 10.00. The first kappa shape index (κ1) is 14.8. The van der Waals surface area contributed by atoms with Gasteiger partial charge in [-0.3, -0.25) is 4.79 Å². The van der Waals surface area contributed by atoms with E-state index in [0.717, 1.165) is 6.42 Å². The van der Waals surface area contributed by atoms with E-state index < -0.39 is 11.7 Å². The van der Waals surface area contributed by atoms with E-state index in [9.17, 15) is 9.59 Å². The molecule has 1 aliphatic heterocycles. The van der Waals surface area contributed by atoms with Gasteiger partial charge in [0, 0.05) is 6.04 Å². The second-order valence-corrected chi connectivity index (χ2v) is 5.40. The van der Waals surface area contributed by atoms with Crippen LogP contribution in [0.25, 0.3) is 0 Å². The summed E-state index contributed by atoms with van der Waals surface area (Å²) in [5, 5.41) is 5.83. The number of methoxy groups -OCH3 is 1. The maximum atomic E-state index is 11.6. The van der Waals surface area contributed by atoms with E-state index >= 15 is 0 Å². The molecule has 0 aromatic rings. The summed E-state index contributed by atoms with van der Waals surface area (Å²) in [6.07, 6.45) is 0.844. The van der Waals surface area contributed by atoms with Crippen molar-refractivity contribution in [3.8, 4) is 0 Å². The monoisotopic (exact) mass is 258 g/mol. The van der Waals surface area contributed by atoms with E-state index in [1.54, 1.807) is 0 Å². The third-order valence-corrected chi connectivity index (χ3v) is 2.61. The van der Waals surface area contributed by atoms with Crippen LogP contribution in [0.1, 0.15) is 33.6 Å². The summed E-state index contributed by atoms with van der Waals surface area (Å²) in [6.45, 7) is 6.10. The Morgan fingerprint density at radius 3 is 2.56 bits per heavy atom. The third-order valence-electron chi connectivity index (χ3n) is 2.61. The van der Waals surface area contributed by atoms with Gasteiger partial charge in [0.15, 0.2) is 0 Å². The quantitative estimate of drug-likeness (QED) is 0.717. The summed E-state index contributed by atoms with van der Waals surface area (Å²) in [6, 6.07) is -0.422. The van der Waals surface area contributed by atoms with Gasteiger partial charge < -0.3 is 20.1 Å². The van der Waals surface area contributed by atoms with Gasteiger partial charge in [0.1, 0.15) is 11.6 Å². The summed E-state index contributed by atoms with van der Waals surface area (Å²) in [5.74, 6) is -0.300. The fourth-order valence-electron chi connectivity index (χ4n) is 1.84. The number of ether oxygens (including phenoxy) is 2. The molecule has 2 N–H and O–H groups in total. The lowest BCUT2D eigenvalue weighted by Crippen LogP contribution is -2.51. The fourth-order valence-corrected chi connectivity index (χ4v) is 1.84. The molecule has 1 aliphatic rings. The van der Waals surface area contributed by atoms with Crippen LogP contribution in [0.2, 0.25) is 0 Å². The number of rotatable bonds is 2. The molecule has 2 atom stereocenters. The molecule has 0 unspecified atom stereocenters. The van der Waals surface area contributed by atoms with Crippen LogP contribution in [0.5, 0.6) is 0 Å². The van der Waals surface area contributed by atoms with Crippen molar-refractivity contribution in [1.82, 2.24) is 10.6 Å². The van der Waals surface area contributed by atoms with Crippen molar-refractivity contribution < 1.29 is 19.1 Å². The van der Waals surface area contributed by atoms with Crippen LogP contribution in [0.4, 0.5) is 4.79 Å². The highest BCUT2D eigenvalue weighted by molar-refractivity contribution is 5.76. The summed E-state index contributed by atoms with van der Waals surface area (Å²) in [7, 11) is 1.36. The van der Waals surface area contributed by atoms with Crippen molar-refractivity contribution in [3.63, 3.8) is 0 Å². The van der Waals surface area contributed by atoms with Gasteiger partial charge in [-0.25, -0.2) is 4.79 Å². The second kappa shape index (κ2) is 6.04. The first-order chi connectivity index (χ1) is 8.31. The van der Waals surface area contributed by atoms with E-state index in [4.69, 9.17) is 4.74 Å². The highest BCUT2D eigenvalue weighted by atomic mass is 16.6. The average Bonchev–Trinajstić information content (AvgIpc) is 2.25. The van der Waals surface area contributed by atoms with Crippen LogP contribution in [0.15, 0.2) is 0 Å². The van der Waals surface area contributed by atoms with E-state index in [1.165, 1.54) is 7.11 Å². The van der Waals surface area contributed by atoms with Crippen LogP contribution in [0.3, 0.4) is 0 Å². The van der Waals surface area contributed by atoms with Crippen molar-refractivity contribution in [2.24, 2.45) is 0 Å². The Balaban J connectivity index is 2.43. The molecule has 1 rings (SSSR count). The molecule has 1 heterocycles. The Hall–Kier alpha value is -1.30. The van der Waals surface area contributed by atoms with Crippen molar-refractivity contribution >= 4 is 12.1 Å². The van der Waals surface area contributed by atoms with E-state index in [-0.39, 0.29) is 18.1 Å². The van der Waals surface area contributed by atoms with Crippen LogP contribution < -0.4 is 10.6 Å². The fraction of sp³-hybridized carbons (Fsp3) is 0.833. The summed E-state index contributed by atoms with van der Waals surface area (Å²) in [4.78, 5) is 23.0. The molecule has 0 aromatic heterocycles. The highest BCUT2D eigenvalue weighted by Gasteiger charge is 2.29. The SMILES string of the molecule is COC(=O)[C@@H]1C[C@H](NC(=O)OC(C)(C)C)CCN1.